The van der Waals surface area contributed by atoms with Gasteiger partial charge in [0.15, 0.2) is 0 Å². The minimum Gasteiger partial charge on any atom is -0.374 e. The Labute approximate surface area is 83.9 Å². The van der Waals surface area contributed by atoms with Crippen molar-refractivity contribution in [1.29, 1.82) is 0 Å². The lowest BCUT2D eigenvalue weighted by atomic mass is 10.2. The van der Waals surface area contributed by atoms with Gasteiger partial charge in [-0.05, 0) is 47.3 Å². The monoisotopic (exact) mass is 281 g/mol. The molecule has 0 aliphatic heterocycles. The van der Waals surface area contributed by atoms with E-state index in [2.05, 4.69) is 5.32 Å². The van der Waals surface area contributed by atoms with E-state index in [-0.39, 0.29) is 5.82 Å². The molecule has 2 N–H and O–H groups in total. The Bertz CT molecular complexity index is 280. The van der Waals surface area contributed by atoms with Gasteiger partial charge in [-0.2, -0.15) is 0 Å². The lowest BCUT2D eigenvalue weighted by Gasteiger charge is -2.09. The highest BCUT2D eigenvalue weighted by molar-refractivity contribution is 14.1. The highest BCUT2D eigenvalue weighted by atomic mass is 127. The Morgan fingerprint density at radius 1 is 1.58 bits per heavy atom. The number of nitrogens with one attached hydrogen (secondary N) is 1. The summed E-state index contributed by atoms with van der Waals surface area (Å²) in [5, 5.41) is 11.9. The molecule has 0 amide bonds. The summed E-state index contributed by atoms with van der Waals surface area (Å²) in [7, 11) is 1.61. The molecule has 4 heteroatoms. The zero-order valence-electron chi connectivity index (χ0n) is 6.51. The van der Waals surface area contributed by atoms with Crippen LogP contribution in [0.25, 0.3) is 0 Å². The van der Waals surface area contributed by atoms with Crippen LogP contribution in [0.15, 0.2) is 18.2 Å². The van der Waals surface area contributed by atoms with Gasteiger partial charge in [0.05, 0.1) is 0 Å². The first-order valence-corrected chi connectivity index (χ1v) is 4.53. The summed E-state index contributed by atoms with van der Waals surface area (Å²) in [4.78, 5) is 0. The molecule has 0 fully saturated rings. The van der Waals surface area contributed by atoms with Crippen LogP contribution in [0, 0.1) is 9.39 Å². The highest BCUT2D eigenvalue weighted by Crippen LogP contribution is 2.16. The summed E-state index contributed by atoms with van der Waals surface area (Å²) in [5.41, 5.74) is 0.537. The third kappa shape index (κ3) is 2.15. The van der Waals surface area contributed by atoms with E-state index in [9.17, 15) is 9.50 Å². The SMILES string of the molecule is CNC(O)c1ccc(I)c(F)c1. The smallest absolute Gasteiger partial charge is 0.136 e. The molecular weight excluding hydrogens is 272 g/mol. The molecule has 1 aromatic carbocycles. The summed E-state index contributed by atoms with van der Waals surface area (Å²) in [6.07, 6.45) is -0.795. The number of hydrogen-bond acceptors (Lipinski definition) is 2. The van der Waals surface area contributed by atoms with Gasteiger partial charge < -0.3 is 5.11 Å². The van der Waals surface area contributed by atoms with E-state index < -0.39 is 6.23 Å². The van der Waals surface area contributed by atoms with E-state index in [1.807, 2.05) is 22.6 Å². The van der Waals surface area contributed by atoms with Gasteiger partial charge in [-0.25, -0.2) is 4.39 Å². The molecule has 1 atom stereocenters. The Balaban J connectivity index is 2.96. The molecule has 0 saturated heterocycles. The molecule has 0 aliphatic carbocycles. The first kappa shape index (κ1) is 9.88. The molecule has 0 spiro atoms. The van der Waals surface area contributed by atoms with E-state index >= 15 is 0 Å². The maximum Gasteiger partial charge on any atom is 0.136 e. The molecule has 0 bridgehead atoms. The van der Waals surface area contributed by atoms with Crippen molar-refractivity contribution in [1.82, 2.24) is 5.32 Å². The second kappa shape index (κ2) is 4.15. The van der Waals surface area contributed by atoms with Crippen LogP contribution in [0.1, 0.15) is 11.8 Å². The van der Waals surface area contributed by atoms with Crippen molar-refractivity contribution in [3.8, 4) is 0 Å². The number of rotatable bonds is 2. The van der Waals surface area contributed by atoms with Crippen molar-refractivity contribution in [3.05, 3.63) is 33.1 Å². The molecule has 0 aliphatic rings. The second-order valence-corrected chi connectivity index (χ2v) is 3.53. The van der Waals surface area contributed by atoms with E-state index in [0.29, 0.717) is 9.13 Å². The topological polar surface area (TPSA) is 32.3 Å². The molecule has 0 saturated carbocycles. The molecule has 12 heavy (non-hydrogen) atoms. The van der Waals surface area contributed by atoms with Crippen molar-refractivity contribution < 1.29 is 9.50 Å². The normalized spacial score (nSPS) is 13.0. The third-order valence-electron chi connectivity index (χ3n) is 1.53. The zero-order valence-corrected chi connectivity index (χ0v) is 8.67. The van der Waals surface area contributed by atoms with Crippen LogP contribution in [-0.2, 0) is 0 Å². The number of aliphatic hydroxyl groups excluding tert-OH is 1. The van der Waals surface area contributed by atoms with Gasteiger partial charge in [-0.1, -0.05) is 6.07 Å². The average molecular weight is 281 g/mol. The lowest BCUT2D eigenvalue weighted by molar-refractivity contribution is 0.149. The van der Waals surface area contributed by atoms with Crippen LogP contribution in [0.5, 0.6) is 0 Å². The van der Waals surface area contributed by atoms with Gasteiger partial charge in [0.1, 0.15) is 12.0 Å². The maximum absolute atomic E-state index is 12.9. The van der Waals surface area contributed by atoms with Crippen LogP contribution in [0.4, 0.5) is 4.39 Å². The summed E-state index contributed by atoms with van der Waals surface area (Å²) >= 11 is 1.90. The van der Waals surface area contributed by atoms with E-state index in [4.69, 9.17) is 0 Å². The van der Waals surface area contributed by atoms with Gasteiger partial charge in [-0.3, -0.25) is 5.32 Å². The average Bonchev–Trinajstić information content (AvgIpc) is 2.08. The fourth-order valence-corrected chi connectivity index (χ4v) is 1.18. The third-order valence-corrected chi connectivity index (χ3v) is 2.41. The zero-order chi connectivity index (χ0) is 9.14. The number of aliphatic hydroxyl groups is 1. The number of halogens is 2. The standard InChI is InChI=1S/C8H9FINO/c1-11-8(12)5-2-3-7(10)6(9)4-5/h2-4,8,11-12H,1H3. The molecule has 0 radical (unpaired) electrons. The minimum absolute atomic E-state index is 0.303. The van der Waals surface area contributed by atoms with Crippen LogP contribution < -0.4 is 5.32 Å². The summed E-state index contributed by atoms with van der Waals surface area (Å²) in [6, 6.07) is 4.64. The summed E-state index contributed by atoms with van der Waals surface area (Å²) < 4.78 is 13.5. The van der Waals surface area contributed by atoms with Gasteiger partial charge >= 0.3 is 0 Å². The van der Waals surface area contributed by atoms with Crippen molar-refractivity contribution in [2.75, 3.05) is 7.05 Å². The highest BCUT2D eigenvalue weighted by Gasteiger charge is 2.06. The fraction of sp³-hybridized carbons (Fsp3) is 0.250. The predicted octanol–water partition coefficient (Wildman–Crippen LogP) is 1.64. The van der Waals surface area contributed by atoms with Crippen LogP contribution in [-0.4, -0.2) is 12.2 Å². The van der Waals surface area contributed by atoms with Gasteiger partial charge in [-0.15, -0.1) is 0 Å². The molecule has 1 rings (SSSR count). The molecule has 0 aromatic heterocycles. The predicted molar refractivity (Wildman–Crippen MR) is 53.1 cm³/mol. The van der Waals surface area contributed by atoms with Crippen LogP contribution in [0.3, 0.4) is 0 Å². The molecule has 66 valence electrons. The van der Waals surface area contributed by atoms with E-state index in [1.165, 1.54) is 6.07 Å². The first-order valence-electron chi connectivity index (χ1n) is 3.45. The number of hydrogen-bond donors (Lipinski definition) is 2. The van der Waals surface area contributed by atoms with E-state index in [1.54, 1.807) is 19.2 Å². The van der Waals surface area contributed by atoms with Crippen molar-refractivity contribution in [2.24, 2.45) is 0 Å². The lowest BCUT2D eigenvalue weighted by Crippen LogP contribution is -2.15. The van der Waals surface area contributed by atoms with E-state index in [0.717, 1.165) is 0 Å². The molecule has 1 unspecified atom stereocenters. The van der Waals surface area contributed by atoms with Crippen LogP contribution in [0.2, 0.25) is 0 Å². The Kier molecular flexibility index (Phi) is 3.42. The molecule has 1 aromatic rings. The van der Waals surface area contributed by atoms with Gasteiger partial charge in [0, 0.05) is 3.57 Å². The largest absolute Gasteiger partial charge is 0.374 e. The fourth-order valence-electron chi connectivity index (χ4n) is 0.849. The molecule has 0 heterocycles. The maximum atomic E-state index is 12.9. The first-order chi connectivity index (χ1) is 5.65. The number of benzene rings is 1. The van der Waals surface area contributed by atoms with Gasteiger partial charge in [0.2, 0.25) is 0 Å². The Morgan fingerprint density at radius 3 is 2.75 bits per heavy atom. The second-order valence-electron chi connectivity index (χ2n) is 2.36. The van der Waals surface area contributed by atoms with Crippen molar-refractivity contribution in [3.63, 3.8) is 0 Å². The van der Waals surface area contributed by atoms with Crippen molar-refractivity contribution in [2.45, 2.75) is 6.23 Å². The molecule has 2 nitrogen and oxygen atoms in total. The van der Waals surface area contributed by atoms with Gasteiger partial charge in [0.25, 0.3) is 0 Å². The van der Waals surface area contributed by atoms with Crippen molar-refractivity contribution >= 4 is 22.6 Å². The minimum atomic E-state index is -0.795. The quantitative estimate of drug-likeness (QED) is 0.638. The molecular formula is C8H9FINO. The Hall–Kier alpha value is -0.200. The summed E-state index contributed by atoms with van der Waals surface area (Å²) in [5.74, 6) is -0.303. The summed E-state index contributed by atoms with van der Waals surface area (Å²) in [6.45, 7) is 0. The Morgan fingerprint density at radius 2 is 2.25 bits per heavy atom. The van der Waals surface area contributed by atoms with Crippen LogP contribution >= 0.6 is 22.6 Å².